The van der Waals surface area contributed by atoms with Crippen molar-refractivity contribution in [1.29, 1.82) is 0 Å². The SMILES string of the molecule is COC(=O)Nc1ccc(S(=O)(=O)NC[C@H]2CCCO2)cc1. The van der Waals surface area contributed by atoms with E-state index in [1.807, 2.05) is 0 Å². The smallest absolute Gasteiger partial charge is 0.411 e. The summed E-state index contributed by atoms with van der Waals surface area (Å²) in [5.74, 6) is 0. The highest BCUT2D eigenvalue weighted by molar-refractivity contribution is 7.89. The zero-order chi connectivity index (χ0) is 15.3. The summed E-state index contributed by atoms with van der Waals surface area (Å²) in [4.78, 5) is 11.2. The Morgan fingerprint density at radius 1 is 1.38 bits per heavy atom. The molecule has 0 unspecified atom stereocenters. The molecule has 1 aromatic rings. The van der Waals surface area contributed by atoms with Crippen LogP contribution in [0.15, 0.2) is 29.2 Å². The number of rotatable bonds is 5. The standard InChI is InChI=1S/C13H18N2O5S/c1-19-13(16)15-10-4-6-12(7-5-10)21(17,18)14-9-11-3-2-8-20-11/h4-7,11,14H,2-3,8-9H2,1H3,(H,15,16)/t11-/m1/s1. The molecule has 1 amide bonds. The molecule has 21 heavy (non-hydrogen) atoms. The lowest BCUT2D eigenvalue weighted by Gasteiger charge is -2.11. The molecule has 1 atom stereocenters. The first kappa shape index (κ1) is 15.7. The van der Waals surface area contributed by atoms with E-state index in [0.29, 0.717) is 12.3 Å². The number of amides is 1. The Bertz CT molecular complexity index is 579. The topological polar surface area (TPSA) is 93.7 Å². The Hall–Kier alpha value is -1.64. The van der Waals surface area contributed by atoms with Crippen molar-refractivity contribution in [3.05, 3.63) is 24.3 Å². The minimum absolute atomic E-state index is 0.0555. The number of carbonyl (C=O) groups is 1. The van der Waals surface area contributed by atoms with Crippen LogP contribution in [0.1, 0.15) is 12.8 Å². The van der Waals surface area contributed by atoms with Gasteiger partial charge in [-0.15, -0.1) is 0 Å². The number of nitrogens with one attached hydrogen (secondary N) is 2. The average molecular weight is 314 g/mol. The lowest BCUT2D eigenvalue weighted by atomic mass is 10.2. The van der Waals surface area contributed by atoms with Crippen LogP contribution in [-0.4, -0.2) is 40.9 Å². The first-order valence-corrected chi connectivity index (χ1v) is 8.06. The second-order valence-corrected chi connectivity index (χ2v) is 6.39. The Morgan fingerprint density at radius 2 is 2.10 bits per heavy atom. The molecule has 7 nitrogen and oxygen atoms in total. The van der Waals surface area contributed by atoms with Crippen molar-refractivity contribution in [2.75, 3.05) is 25.6 Å². The van der Waals surface area contributed by atoms with Gasteiger partial charge in [-0.1, -0.05) is 0 Å². The van der Waals surface area contributed by atoms with Gasteiger partial charge < -0.3 is 9.47 Å². The average Bonchev–Trinajstić information content (AvgIpc) is 2.99. The number of hydrogen-bond acceptors (Lipinski definition) is 5. The van der Waals surface area contributed by atoms with E-state index in [2.05, 4.69) is 14.8 Å². The summed E-state index contributed by atoms with van der Waals surface area (Å²) in [6.07, 6.45) is 1.16. The summed E-state index contributed by atoms with van der Waals surface area (Å²) in [6.45, 7) is 0.949. The molecule has 0 spiro atoms. The summed E-state index contributed by atoms with van der Waals surface area (Å²) < 4.78 is 36.5. The molecule has 8 heteroatoms. The van der Waals surface area contributed by atoms with Crippen LogP contribution in [0.4, 0.5) is 10.5 Å². The maximum absolute atomic E-state index is 12.1. The Kier molecular flexibility index (Phi) is 5.16. The number of carbonyl (C=O) groups excluding carboxylic acids is 1. The number of ether oxygens (including phenoxy) is 2. The number of benzene rings is 1. The molecule has 1 aliphatic rings. The summed E-state index contributed by atoms with van der Waals surface area (Å²) in [6, 6.07) is 5.83. The van der Waals surface area contributed by atoms with Crippen LogP contribution in [0.2, 0.25) is 0 Å². The Balaban J connectivity index is 1.97. The van der Waals surface area contributed by atoms with Crippen molar-refractivity contribution >= 4 is 21.8 Å². The zero-order valence-electron chi connectivity index (χ0n) is 11.7. The van der Waals surface area contributed by atoms with Gasteiger partial charge in [0.05, 0.1) is 18.1 Å². The van der Waals surface area contributed by atoms with Crippen LogP contribution in [0.3, 0.4) is 0 Å². The highest BCUT2D eigenvalue weighted by Gasteiger charge is 2.20. The molecule has 1 saturated heterocycles. The van der Waals surface area contributed by atoms with Crippen molar-refractivity contribution in [2.24, 2.45) is 0 Å². The van der Waals surface area contributed by atoms with Crippen molar-refractivity contribution in [3.8, 4) is 0 Å². The van der Waals surface area contributed by atoms with Gasteiger partial charge in [0.15, 0.2) is 0 Å². The van der Waals surface area contributed by atoms with E-state index < -0.39 is 16.1 Å². The van der Waals surface area contributed by atoms with Gasteiger partial charge >= 0.3 is 6.09 Å². The molecule has 1 fully saturated rings. The summed E-state index contributed by atoms with van der Waals surface area (Å²) in [5.41, 5.74) is 0.458. The van der Waals surface area contributed by atoms with E-state index in [1.54, 1.807) is 0 Å². The minimum Gasteiger partial charge on any atom is -0.453 e. The van der Waals surface area contributed by atoms with Gasteiger partial charge in [0.25, 0.3) is 0 Å². The van der Waals surface area contributed by atoms with Gasteiger partial charge in [-0.25, -0.2) is 17.9 Å². The molecule has 0 radical (unpaired) electrons. The van der Waals surface area contributed by atoms with Crippen LogP contribution >= 0.6 is 0 Å². The van der Waals surface area contributed by atoms with E-state index in [4.69, 9.17) is 4.74 Å². The van der Waals surface area contributed by atoms with E-state index in [1.165, 1.54) is 31.4 Å². The lowest BCUT2D eigenvalue weighted by molar-refractivity contribution is 0.114. The largest absolute Gasteiger partial charge is 0.453 e. The maximum Gasteiger partial charge on any atom is 0.411 e. The number of hydrogen-bond donors (Lipinski definition) is 2. The van der Waals surface area contributed by atoms with E-state index in [0.717, 1.165) is 12.8 Å². The molecular weight excluding hydrogens is 296 g/mol. The first-order valence-electron chi connectivity index (χ1n) is 6.57. The second-order valence-electron chi connectivity index (χ2n) is 4.63. The molecule has 1 aliphatic heterocycles. The summed E-state index contributed by atoms with van der Waals surface area (Å²) >= 11 is 0. The molecule has 0 aromatic heterocycles. The fourth-order valence-electron chi connectivity index (χ4n) is 1.98. The highest BCUT2D eigenvalue weighted by atomic mass is 32.2. The molecule has 0 bridgehead atoms. The van der Waals surface area contributed by atoms with E-state index >= 15 is 0 Å². The zero-order valence-corrected chi connectivity index (χ0v) is 12.5. The summed E-state index contributed by atoms with van der Waals surface area (Å²) in [7, 11) is -2.32. The molecule has 0 aliphatic carbocycles. The van der Waals surface area contributed by atoms with Crippen molar-refractivity contribution in [2.45, 2.75) is 23.8 Å². The van der Waals surface area contributed by atoms with Gasteiger partial charge in [-0.3, -0.25) is 5.32 Å². The fourth-order valence-corrected chi connectivity index (χ4v) is 3.04. The minimum atomic E-state index is -3.57. The normalized spacial score (nSPS) is 18.4. The Labute approximate surface area is 123 Å². The van der Waals surface area contributed by atoms with Gasteiger partial charge in [0.1, 0.15) is 0 Å². The quantitative estimate of drug-likeness (QED) is 0.855. The molecule has 1 heterocycles. The van der Waals surface area contributed by atoms with Crippen LogP contribution in [-0.2, 0) is 19.5 Å². The fraction of sp³-hybridized carbons (Fsp3) is 0.462. The third-order valence-corrected chi connectivity index (χ3v) is 4.56. The van der Waals surface area contributed by atoms with Crippen LogP contribution in [0.5, 0.6) is 0 Å². The van der Waals surface area contributed by atoms with Gasteiger partial charge in [0.2, 0.25) is 10.0 Å². The molecule has 2 rings (SSSR count). The highest BCUT2D eigenvalue weighted by Crippen LogP contribution is 2.15. The van der Waals surface area contributed by atoms with Crippen LogP contribution in [0.25, 0.3) is 0 Å². The molecule has 116 valence electrons. The molecule has 1 aromatic carbocycles. The van der Waals surface area contributed by atoms with E-state index in [-0.39, 0.29) is 17.5 Å². The number of methoxy groups -OCH3 is 1. The van der Waals surface area contributed by atoms with Gasteiger partial charge in [-0.05, 0) is 37.1 Å². The molecule has 0 saturated carbocycles. The number of sulfonamides is 1. The molecular formula is C13H18N2O5S. The predicted octanol–water partition coefficient (Wildman–Crippen LogP) is 1.32. The van der Waals surface area contributed by atoms with Crippen molar-refractivity contribution in [3.63, 3.8) is 0 Å². The third kappa shape index (κ3) is 4.42. The van der Waals surface area contributed by atoms with Crippen molar-refractivity contribution < 1.29 is 22.7 Å². The Morgan fingerprint density at radius 3 is 2.67 bits per heavy atom. The van der Waals surface area contributed by atoms with Crippen LogP contribution < -0.4 is 10.0 Å². The van der Waals surface area contributed by atoms with Gasteiger partial charge in [0, 0.05) is 18.8 Å². The third-order valence-electron chi connectivity index (χ3n) is 3.12. The monoisotopic (exact) mass is 314 g/mol. The van der Waals surface area contributed by atoms with Gasteiger partial charge in [-0.2, -0.15) is 0 Å². The predicted molar refractivity (Wildman–Crippen MR) is 76.6 cm³/mol. The van der Waals surface area contributed by atoms with E-state index in [9.17, 15) is 13.2 Å². The summed E-state index contributed by atoms with van der Waals surface area (Å²) in [5, 5.41) is 2.45. The maximum atomic E-state index is 12.1. The van der Waals surface area contributed by atoms with Crippen LogP contribution in [0, 0.1) is 0 Å². The first-order chi connectivity index (χ1) is 10.0. The van der Waals surface area contributed by atoms with Crippen molar-refractivity contribution in [1.82, 2.24) is 4.72 Å². The number of anilines is 1. The lowest BCUT2D eigenvalue weighted by Crippen LogP contribution is -2.31. The molecule has 2 N–H and O–H groups in total. The second kappa shape index (κ2) is 6.88.